The van der Waals surface area contributed by atoms with E-state index in [2.05, 4.69) is 18.8 Å². The van der Waals surface area contributed by atoms with Crippen molar-refractivity contribution in [2.45, 2.75) is 33.1 Å². The Labute approximate surface area is 129 Å². The Morgan fingerprint density at radius 3 is 2.67 bits per heavy atom. The van der Waals surface area contributed by atoms with Gasteiger partial charge >= 0.3 is 0 Å². The van der Waals surface area contributed by atoms with Gasteiger partial charge in [0.25, 0.3) is 0 Å². The first-order valence-electron chi connectivity index (χ1n) is 7.01. The lowest BCUT2D eigenvalue weighted by Crippen LogP contribution is -2.12. The number of amidine groups is 1. The second-order valence-corrected chi connectivity index (χ2v) is 6.34. The van der Waals surface area contributed by atoms with E-state index in [0.717, 1.165) is 33.3 Å². The van der Waals surface area contributed by atoms with Crippen molar-refractivity contribution in [2.75, 3.05) is 6.61 Å². The topological polar surface area (TPSA) is 72.0 Å². The first-order chi connectivity index (χ1) is 9.99. The third-order valence-corrected chi connectivity index (χ3v) is 4.32. The van der Waals surface area contributed by atoms with Crippen LogP contribution in [-0.2, 0) is 6.42 Å². The molecule has 0 saturated heterocycles. The van der Waals surface area contributed by atoms with E-state index in [9.17, 15) is 0 Å². The Kier molecular flexibility index (Phi) is 4.96. The van der Waals surface area contributed by atoms with Crippen molar-refractivity contribution >= 4 is 17.2 Å². The van der Waals surface area contributed by atoms with E-state index in [1.165, 1.54) is 11.3 Å². The van der Waals surface area contributed by atoms with Crippen LogP contribution in [-0.4, -0.2) is 17.4 Å². The molecule has 21 heavy (non-hydrogen) atoms. The fourth-order valence-electron chi connectivity index (χ4n) is 2.04. The number of nitrogens with two attached hydrogens (primary N) is 1. The SMILES string of the molecule is Cc1ccccc1OCCc1nc(C(C)C)c(C(=N)N)s1. The standard InChI is InChI=1S/C16H21N3OS/c1-10(2)14-15(16(17)18)21-13(19-14)8-9-20-12-7-5-4-6-11(12)3/h4-7,10H,8-9H2,1-3H3,(H3,17,18). The summed E-state index contributed by atoms with van der Waals surface area (Å²) in [6.45, 7) is 6.74. The second-order valence-electron chi connectivity index (χ2n) is 5.25. The fraction of sp³-hybridized carbons (Fsp3) is 0.375. The van der Waals surface area contributed by atoms with Gasteiger partial charge in [-0.1, -0.05) is 32.0 Å². The van der Waals surface area contributed by atoms with E-state index in [1.54, 1.807) is 0 Å². The third-order valence-electron chi connectivity index (χ3n) is 3.16. The van der Waals surface area contributed by atoms with Crippen LogP contribution in [0.3, 0.4) is 0 Å². The summed E-state index contributed by atoms with van der Waals surface area (Å²) in [5.74, 6) is 1.28. The van der Waals surface area contributed by atoms with Crippen molar-refractivity contribution in [1.82, 2.24) is 4.98 Å². The number of nitrogen functional groups attached to an aromatic ring is 1. The predicted molar refractivity (Wildman–Crippen MR) is 87.6 cm³/mol. The molecule has 0 saturated carbocycles. The van der Waals surface area contributed by atoms with E-state index >= 15 is 0 Å². The molecular formula is C16H21N3OS. The zero-order valence-corrected chi connectivity index (χ0v) is 13.5. The van der Waals surface area contributed by atoms with Crippen LogP contribution >= 0.6 is 11.3 Å². The fourth-order valence-corrected chi connectivity index (χ4v) is 3.10. The largest absolute Gasteiger partial charge is 0.493 e. The molecule has 1 heterocycles. The first kappa shape index (κ1) is 15.5. The van der Waals surface area contributed by atoms with Gasteiger partial charge in [0, 0.05) is 6.42 Å². The molecule has 1 aromatic carbocycles. The Hall–Kier alpha value is -1.88. The highest BCUT2D eigenvalue weighted by atomic mass is 32.1. The molecule has 0 fully saturated rings. The maximum absolute atomic E-state index is 7.64. The maximum Gasteiger partial charge on any atom is 0.135 e. The number of nitrogens with zero attached hydrogens (tertiary/aromatic N) is 1. The summed E-state index contributed by atoms with van der Waals surface area (Å²) < 4.78 is 5.79. The molecule has 5 heteroatoms. The number of nitrogens with one attached hydrogen (secondary N) is 1. The zero-order valence-electron chi connectivity index (χ0n) is 12.6. The second kappa shape index (κ2) is 6.72. The Bertz CT molecular complexity index is 634. The molecule has 0 atom stereocenters. The molecule has 0 unspecified atom stereocenters. The van der Waals surface area contributed by atoms with Crippen LogP contribution in [0.2, 0.25) is 0 Å². The minimum absolute atomic E-state index is 0.0993. The van der Waals surface area contributed by atoms with Gasteiger partial charge in [0.2, 0.25) is 0 Å². The average molecular weight is 303 g/mol. The summed E-state index contributed by atoms with van der Waals surface area (Å²) in [5.41, 5.74) is 7.67. The monoisotopic (exact) mass is 303 g/mol. The number of aromatic nitrogens is 1. The summed E-state index contributed by atoms with van der Waals surface area (Å²) in [6, 6.07) is 7.97. The predicted octanol–water partition coefficient (Wildman–Crippen LogP) is 3.48. The lowest BCUT2D eigenvalue weighted by Gasteiger charge is -2.07. The van der Waals surface area contributed by atoms with Crippen molar-refractivity contribution in [3.8, 4) is 5.75 Å². The number of rotatable bonds is 6. The van der Waals surface area contributed by atoms with E-state index in [0.29, 0.717) is 6.61 Å². The quantitative estimate of drug-likeness (QED) is 0.634. The summed E-state index contributed by atoms with van der Waals surface area (Å²) in [5, 5.41) is 8.61. The summed E-state index contributed by atoms with van der Waals surface area (Å²) >= 11 is 1.49. The molecule has 4 nitrogen and oxygen atoms in total. The van der Waals surface area contributed by atoms with E-state index in [4.69, 9.17) is 15.9 Å². The van der Waals surface area contributed by atoms with Gasteiger partial charge in [0.1, 0.15) is 11.6 Å². The number of benzene rings is 1. The Morgan fingerprint density at radius 2 is 2.10 bits per heavy atom. The number of hydrogen-bond acceptors (Lipinski definition) is 4. The van der Waals surface area contributed by atoms with Gasteiger partial charge in [-0.2, -0.15) is 0 Å². The van der Waals surface area contributed by atoms with Crippen molar-refractivity contribution < 1.29 is 4.74 Å². The molecule has 3 N–H and O–H groups in total. The van der Waals surface area contributed by atoms with Crippen molar-refractivity contribution in [1.29, 1.82) is 5.41 Å². The third kappa shape index (κ3) is 3.82. The van der Waals surface area contributed by atoms with Gasteiger partial charge in [-0.25, -0.2) is 4.98 Å². The number of aryl methyl sites for hydroxylation is 1. The van der Waals surface area contributed by atoms with Crippen molar-refractivity contribution in [2.24, 2.45) is 5.73 Å². The van der Waals surface area contributed by atoms with Crippen LogP contribution < -0.4 is 10.5 Å². The summed E-state index contributed by atoms with van der Waals surface area (Å²) in [6.07, 6.45) is 0.728. The zero-order chi connectivity index (χ0) is 15.4. The minimum atomic E-state index is 0.0993. The highest BCUT2D eigenvalue weighted by molar-refractivity contribution is 7.13. The Balaban J connectivity index is 2.02. The van der Waals surface area contributed by atoms with E-state index in [1.807, 2.05) is 31.2 Å². The Morgan fingerprint density at radius 1 is 1.38 bits per heavy atom. The lowest BCUT2D eigenvalue weighted by atomic mass is 10.1. The number of para-hydroxylation sites is 1. The van der Waals surface area contributed by atoms with Gasteiger partial charge in [-0.15, -0.1) is 11.3 Å². The molecule has 0 amide bonds. The molecular weight excluding hydrogens is 282 g/mol. The number of hydrogen-bond donors (Lipinski definition) is 2. The van der Waals surface area contributed by atoms with Crippen LogP contribution in [0.4, 0.5) is 0 Å². The molecule has 0 aliphatic heterocycles. The normalized spacial score (nSPS) is 10.9. The number of ether oxygens (including phenoxy) is 1. The summed E-state index contributed by atoms with van der Waals surface area (Å²) in [4.78, 5) is 5.39. The van der Waals surface area contributed by atoms with E-state index in [-0.39, 0.29) is 11.8 Å². The highest BCUT2D eigenvalue weighted by Crippen LogP contribution is 2.25. The summed E-state index contributed by atoms with van der Waals surface area (Å²) in [7, 11) is 0. The van der Waals surface area contributed by atoms with Crippen LogP contribution in [0.1, 0.15) is 40.9 Å². The molecule has 0 spiro atoms. The molecule has 112 valence electrons. The molecule has 0 bridgehead atoms. The van der Waals surface area contributed by atoms with Gasteiger partial charge < -0.3 is 10.5 Å². The van der Waals surface area contributed by atoms with Crippen molar-refractivity contribution in [3.05, 3.63) is 45.4 Å². The van der Waals surface area contributed by atoms with Gasteiger partial charge in [-0.3, -0.25) is 5.41 Å². The minimum Gasteiger partial charge on any atom is -0.493 e. The molecule has 2 rings (SSSR count). The van der Waals surface area contributed by atoms with Crippen LogP contribution in [0.25, 0.3) is 0 Å². The smallest absolute Gasteiger partial charge is 0.135 e. The van der Waals surface area contributed by atoms with Crippen LogP contribution in [0.5, 0.6) is 5.75 Å². The molecule has 0 aliphatic rings. The van der Waals surface area contributed by atoms with Gasteiger partial charge in [-0.05, 0) is 24.5 Å². The molecule has 1 aromatic heterocycles. The molecule has 0 aliphatic carbocycles. The molecule has 2 aromatic rings. The van der Waals surface area contributed by atoms with Crippen molar-refractivity contribution in [3.63, 3.8) is 0 Å². The van der Waals surface area contributed by atoms with E-state index < -0.39 is 0 Å². The number of thiazole rings is 1. The van der Waals surface area contributed by atoms with Crippen LogP contribution in [0, 0.1) is 12.3 Å². The average Bonchev–Trinajstić information content (AvgIpc) is 2.85. The van der Waals surface area contributed by atoms with Gasteiger partial charge in [0.05, 0.1) is 22.2 Å². The highest BCUT2D eigenvalue weighted by Gasteiger charge is 2.16. The molecule has 0 radical (unpaired) electrons. The maximum atomic E-state index is 7.64. The van der Waals surface area contributed by atoms with Gasteiger partial charge in [0.15, 0.2) is 0 Å². The lowest BCUT2D eigenvalue weighted by molar-refractivity contribution is 0.319. The first-order valence-corrected chi connectivity index (χ1v) is 7.83. The van der Waals surface area contributed by atoms with Crippen LogP contribution in [0.15, 0.2) is 24.3 Å².